The highest BCUT2D eigenvalue weighted by molar-refractivity contribution is 5.85. The van der Waals surface area contributed by atoms with Gasteiger partial charge >= 0.3 is 0 Å². The summed E-state index contributed by atoms with van der Waals surface area (Å²) in [6.07, 6.45) is 2.18. The van der Waals surface area contributed by atoms with Crippen LogP contribution in [0.5, 0.6) is 0 Å². The van der Waals surface area contributed by atoms with Crippen LogP contribution in [0.25, 0.3) is 0 Å². The van der Waals surface area contributed by atoms with E-state index in [2.05, 4.69) is 32.0 Å². The first-order valence-electron chi connectivity index (χ1n) is 6.09. The van der Waals surface area contributed by atoms with E-state index in [1.54, 1.807) is 0 Å². The molecule has 1 aromatic rings. The number of aryl methyl sites for hydroxylation is 2. The Balaban J connectivity index is 0.00000144. The van der Waals surface area contributed by atoms with Crippen LogP contribution in [0.2, 0.25) is 0 Å². The van der Waals surface area contributed by atoms with Gasteiger partial charge in [-0.2, -0.15) is 0 Å². The zero-order valence-corrected chi connectivity index (χ0v) is 11.4. The van der Waals surface area contributed by atoms with Gasteiger partial charge in [-0.15, -0.1) is 12.4 Å². The molecule has 0 bridgehead atoms. The summed E-state index contributed by atoms with van der Waals surface area (Å²) in [5.74, 6) is 0.579. The van der Waals surface area contributed by atoms with Crippen LogP contribution in [0.3, 0.4) is 0 Å². The Hall–Kier alpha value is -0.570. The second kappa shape index (κ2) is 6.39. The largest absolute Gasteiger partial charge is 0.381 e. The Bertz CT molecular complexity index is 361. The maximum Gasteiger partial charge on any atom is 0.0469 e. The average molecular weight is 256 g/mol. The van der Waals surface area contributed by atoms with Crippen molar-refractivity contribution in [3.63, 3.8) is 0 Å². The summed E-state index contributed by atoms with van der Waals surface area (Å²) < 4.78 is 5.38. The topological polar surface area (TPSA) is 35.2 Å². The molecule has 0 saturated carbocycles. The first-order chi connectivity index (χ1) is 7.68. The van der Waals surface area contributed by atoms with E-state index in [0.717, 1.165) is 26.1 Å². The number of halogens is 1. The molecule has 0 unspecified atom stereocenters. The van der Waals surface area contributed by atoms with Crippen LogP contribution >= 0.6 is 12.4 Å². The minimum atomic E-state index is 0. The van der Waals surface area contributed by atoms with Crippen LogP contribution in [-0.4, -0.2) is 13.2 Å². The summed E-state index contributed by atoms with van der Waals surface area (Å²) in [4.78, 5) is 0. The second-order valence-electron chi connectivity index (χ2n) is 4.84. The lowest BCUT2D eigenvalue weighted by molar-refractivity contribution is 0.0583. The predicted molar refractivity (Wildman–Crippen MR) is 73.6 cm³/mol. The van der Waals surface area contributed by atoms with Crippen molar-refractivity contribution >= 4 is 12.4 Å². The van der Waals surface area contributed by atoms with Gasteiger partial charge in [-0.1, -0.05) is 23.8 Å². The molecule has 2 nitrogen and oxygen atoms in total. The van der Waals surface area contributed by atoms with Crippen molar-refractivity contribution in [1.29, 1.82) is 0 Å². The van der Waals surface area contributed by atoms with E-state index < -0.39 is 0 Å². The summed E-state index contributed by atoms with van der Waals surface area (Å²) in [7, 11) is 0. The molecule has 1 fully saturated rings. The lowest BCUT2D eigenvalue weighted by atomic mass is 9.85. The van der Waals surface area contributed by atoms with E-state index in [9.17, 15) is 0 Å². The van der Waals surface area contributed by atoms with Gasteiger partial charge in [-0.05, 0) is 43.7 Å². The Morgan fingerprint density at radius 3 is 2.47 bits per heavy atom. The smallest absolute Gasteiger partial charge is 0.0469 e. The molecule has 1 atom stereocenters. The van der Waals surface area contributed by atoms with Crippen molar-refractivity contribution in [3.8, 4) is 0 Å². The number of hydrogen-bond acceptors (Lipinski definition) is 2. The summed E-state index contributed by atoms with van der Waals surface area (Å²) in [5, 5.41) is 0. The Kier molecular flexibility index (Phi) is 5.44. The van der Waals surface area contributed by atoms with Crippen molar-refractivity contribution in [3.05, 3.63) is 34.9 Å². The van der Waals surface area contributed by atoms with Crippen molar-refractivity contribution in [2.24, 2.45) is 11.7 Å². The average Bonchev–Trinajstić information content (AvgIpc) is 2.29. The second-order valence-corrected chi connectivity index (χ2v) is 4.84. The molecule has 1 saturated heterocycles. The van der Waals surface area contributed by atoms with E-state index in [0.29, 0.717) is 5.92 Å². The summed E-state index contributed by atoms with van der Waals surface area (Å²) in [6, 6.07) is 6.73. The van der Waals surface area contributed by atoms with Gasteiger partial charge < -0.3 is 10.5 Å². The molecule has 0 aliphatic carbocycles. The van der Waals surface area contributed by atoms with Crippen LogP contribution in [0.1, 0.15) is 35.6 Å². The fraction of sp³-hybridized carbons (Fsp3) is 0.571. The molecule has 1 aliphatic heterocycles. The molecule has 1 aliphatic rings. The molecule has 1 aromatic carbocycles. The lowest BCUT2D eigenvalue weighted by Gasteiger charge is -2.28. The fourth-order valence-electron chi connectivity index (χ4n) is 2.53. The highest BCUT2D eigenvalue weighted by Crippen LogP contribution is 2.29. The van der Waals surface area contributed by atoms with E-state index in [-0.39, 0.29) is 18.4 Å². The van der Waals surface area contributed by atoms with Crippen LogP contribution < -0.4 is 5.73 Å². The molecule has 0 radical (unpaired) electrons. The zero-order valence-electron chi connectivity index (χ0n) is 10.6. The monoisotopic (exact) mass is 255 g/mol. The Labute approximate surface area is 110 Å². The maximum atomic E-state index is 6.37. The Morgan fingerprint density at radius 2 is 1.88 bits per heavy atom. The molecule has 0 aromatic heterocycles. The van der Waals surface area contributed by atoms with Crippen LogP contribution in [0, 0.1) is 19.8 Å². The third-order valence-electron chi connectivity index (χ3n) is 3.56. The van der Waals surface area contributed by atoms with E-state index >= 15 is 0 Å². The minimum Gasteiger partial charge on any atom is -0.381 e. The molecular weight excluding hydrogens is 234 g/mol. The molecule has 0 amide bonds. The maximum absolute atomic E-state index is 6.37. The van der Waals surface area contributed by atoms with E-state index in [1.807, 2.05) is 0 Å². The molecule has 2 rings (SSSR count). The number of ether oxygens (including phenoxy) is 1. The van der Waals surface area contributed by atoms with Gasteiger partial charge in [0.25, 0.3) is 0 Å². The first-order valence-corrected chi connectivity index (χ1v) is 6.09. The van der Waals surface area contributed by atoms with Crippen LogP contribution in [0.4, 0.5) is 0 Å². The lowest BCUT2D eigenvalue weighted by Crippen LogP contribution is -2.27. The first kappa shape index (κ1) is 14.5. The SMILES string of the molecule is Cc1ccc([C@H](N)C2CCOCC2)c(C)c1.Cl. The van der Waals surface area contributed by atoms with E-state index in [1.165, 1.54) is 16.7 Å². The molecule has 96 valence electrons. The number of hydrogen-bond donors (Lipinski definition) is 1. The molecular formula is C14H22ClNO. The minimum absolute atomic E-state index is 0. The number of rotatable bonds is 2. The van der Waals surface area contributed by atoms with Gasteiger partial charge in [0.1, 0.15) is 0 Å². The van der Waals surface area contributed by atoms with Crippen molar-refractivity contribution in [2.75, 3.05) is 13.2 Å². The van der Waals surface area contributed by atoms with Gasteiger partial charge in [0, 0.05) is 19.3 Å². The molecule has 2 N–H and O–H groups in total. The summed E-state index contributed by atoms with van der Waals surface area (Å²) >= 11 is 0. The van der Waals surface area contributed by atoms with Gasteiger partial charge in [0.15, 0.2) is 0 Å². The molecule has 0 spiro atoms. The van der Waals surface area contributed by atoms with E-state index in [4.69, 9.17) is 10.5 Å². The Morgan fingerprint density at radius 1 is 1.24 bits per heavy atom. The summed E-state index contributed by atoms with van der Waals surface area (Å²) in [5.41, 5.74) is 10.3. The fourth-order valence-corrected chi connectivity index (χ4v) is 2.53. The molecule has 17 heavy (non-hydrogen) atoms. The van der Waals surface area contributed by atoms with Crippen LogP contribution in [0.15, 0.2) is 18.2 Å². The number of nitrogens with two attached hydrogens (primary N) is 1. The number of benzene rings is 1. The van der Waals surface area contributed by atoms with Crippen molar-refractivity contribution < 1.29 is 4.74 Å². The summed E-state index contributed by atoms with van der Waals surface area (Å²) in [6.45, 7) is 6.00. The van der Waals surface area contributed by atoms with Gasteiger partial charge in [-0.25, -0.2) is 0 Å². The highest BCUT2D eigenvalue weighted by atomic mass is 35.5. The van der Waals surface area contributed by atoms with Crippen molar-refractivity contribution in [1.82, 2.24) is 0 Å². The predicted octanol–water partition coefficient (Wildman–Crippen LogP) is 3.15. The molecule has 3 heteroatoms. The quantitative estimate of drug-likeness (QED) is 0.881. The standard InChI is InChI=1S/C14H21NO.ClH/c1-10-3-4-13(11(2)9-10)14(15)12-5-7-16-8-6-12;/h3-4,9,12,14H,5-8,15H2,1-2H3;1H/t14-;/m1./s1. The van der Waals surface area contributed by atoms with Gasteiger partial charge in [-0.3, -0.25) is 0 Å². The van der Waals surface area contributed by atoms with Crippen molar-refractivity contribution in [2.45, 2.75) is 32.7 Å². The molecule has 1 heterocycles. The highest BCUT2D eigenvalue weighted by Gasteiger charge is 2.23. The van der Waals surface area contributed by atoms with Crippen LogP contribution in [-0.2, 0) is 4.74 Å². The zero-order chi connectivity index (χ0) is 11.5. The third kappa shape index (κ3) is 3.44. The van der Waals surface area contributed by atoms with Gasteiger partial charge in [0.05, 0.1) is 0 Å². The normalized spacial score (nSPS) is 18.5. The third-order valence-corrected chi connectivity index (χ3v) is 3.56. The van der Waals surface area contributed by atoms with Gasteiger partial charge in [0.2, 0.25) is 0 Å².